The number of piperazine rings is 1. The number of nitrogens with zero attached hydrogens (tertiary/aromatic N) is 3. The summed E-state index contributed by atoms with van der Waals surface area (Å²) >= 11 is 0. The van der Waals surface area contributed by atoms with Gasteiger partial charge in [0.05, 0.1) is 18.7 Å². The van der Waals surface area contributed by atoms with Crippen molar-refractivity contribution in [3.8, 4) is 5.75 Å². The average Bonchev–Trinajstić information content (AvgIpc) is 2.89. The van der Waals surface area contributed by atoms with Gasteiger partial charge in [-0.05, 0) is 54.1 Å². The Bertz CT molecular complexity index is 1110. The van der Waals surface area contributed by atoms with Crippen LogP contribution in [0.15, 0.2) is 72.8 Å². The Balaban J connectivity index is 1.49. The molecule has 4 rings (SSSR count). The van der Waals surface area contributed by atoms with Crippen molar-refractivity contribution in [1.29, 1.82) is 0 Å². The van der Waals surface area contributed by atoms with Crippen molar-refractivity contribution in [1.82, 2.24) is 10.2 Å². The van der Waals surface area contributed by atoms with Crippen LogP contribution in [0.5, 0.6) is 5.75 Å². The zero-order chi connectivity index (χ0) is 24.8. The van der Waals surface area contributed by atoms with E-state index in [-0.39, 0.29) is 17.8 Å². The summed E-state index contributed by atoms with van der Waals surface area (Å²) in [4.78, 5) is 19.8. The summed E-state index contributed by atoms with van der Waals surface area (Å²) in [6.45, 7) is 3.81. The topological polar surface area (TPSA) is 48.1 Å². The first-order chi connectivity index (χ1) is 17.0. The second-order valence-corrected chi connectivity index (χ2v) is 8.91. The quantitative estimate of drug-likeness (QED) is 0.528. The first-order valence-electron chi connectivity index (χ1n) is 11.9. The summed E-state index contributed by atoms with van der Waals surface area (Å²) in [5.41, 5.74) is 3.85. The minimum atomic E-state index is -0.223. The molecule has 0 bridgehead atoms. The Hall–Kier alpha value is -3.58. The van der Waals surface area contributed by atoms with Crippen LogP contribution in [0.2, 0.25) is 0 Å². The molecule has 35 heavy (non-hydrogen) atoms. The molecule has 0 aliphatic carbocycles. The number of nitrogens with one attached hydrogen (secondary N) is 1. The van der Waals surface area contributed by atoms with E-state index in [1.807, 2.05) is 38.4 Å². The van der Waals surface area contributed by atoms with Crippen LogP contribution in [0.25, 0.3) is 0 Å². The van der Waals surface area contributed by atoms with Gasteiger partial charge in [-0.2, -0.15) is 0 Å². The molecule has 184 valence electrons. The van der Waals surface area contributed by atoms with E-state index in [1.165, 1.54) is 12.1 Å². The molecule has 1 aliphatic rings. The number of anilines is 2. The van der Waals surface area contributed by atoms with Crippen molar-refractivity contribution in [2.24, 2.45) is 0 Å². The molecule has 0 saturated carbocycles. The highest BCUT2D eigenvalue weighted by molar-refractivity contribution is 5.96. The Morgan fingerprint density at radius 2 is 1.63 bits per heavy atom. The fourth-order valence-electron chi connectivity index (χ4n) is 4.51. The SMILES string of the molecule is COc1ccccc1C(=O)NC[C@@H](c1ccc(N(C)C)cc1)N1CCN(c2ccc(F)cc2)CC1. The van der Waals surface area contributed by atoms with Gasteiger partial charge in [-0.15, -0.1) is 0 Å². The molecule has 1 heterocycles. The lowest BCUT2D eigenvalue weighted by molar-refractivity contribution is 0.0927. The summed E-state index contributed by atoms with van der Waals surface area (Å²) in [6, 6.07) is 22.5. The van der Waals surface area contributed by atoms with E-state index in [2.05, 4.69) is 44.3 Å². The molecule has 0 unspecified atom stereocenters. The Labute approximate surface area is 206 Å². The van der Waals surface area contributed by atoms with Crippen molar-refractivity contribution in [3.63, 3.8) is 0 Å². The number of methoxy groups -OCH3 is 1. The lowest BCUT2D eigenvalue weighted by atomic mass is 10.0. The number of hydrogen-bond acceptors (Lipinski definition) is 5. The van der Waals surface area contributed by atoms with Crippen LogP contribution in [0.3, 0.4) is 0 Å². The number of benzene rings is 3. The molecule has 1 N–H and O–H groups in total. The Kier molecular flexibility index (Phi) is 7.87. The van der Waals surface area contributed by atoms with E-state index in [9.17, 15) is 9.18 Å². The molecule has 6 nitrogen and oxygen atoms in total. The van der Waals surface area contributed by atoms with Gasteiger partial charge in [-0.3, -0.25) is 9.69 Å². The third kappa shape index (κ3) is 5.92. The predicted octanol–water partition coefficient (Wildman–Crippen LogP) is 4.19. The first kappa shape index (κ1) is 24.5. The maximum absolute atomic E-state index is 13.3. The number of para-hydroxylation sites is 1. The van der Waals surface area contributed by atoms with Crippen molar-refractivity contribution >= 4 is 17.3 Å². The van der Waals surface area contributed by atoms with E-state index < -0.39 is 0 Å². The molecule has 0 aromatic heterocycles. The number of amides is 1. The van der Waals surface area contributed by atoms with Crippen LogP contribution in [0, 0.1) is 5.82 Å². The van der Waals surface area contributed by atoms with Crippen molar-refractivity contribution in [3.05, 3.63) is 89.7 Å². The van der Waals surface area contributed by atoms with Gasteiger partial charge in [0.1, 0.15) is 11.6 Å². The summed E-state index contributed by atoms with van der Waals surface area (Å²) in [5.74, 6) is 0.187. The number of carbonyl (C=O) groups is 1. The third-order valence-electron chi connectivity index (χ3n) is 6.55. The van der Waals surface area contributed by atoms with E-state index in [4.69, 9.17) is 4.74 Å². The monoisotopic (exact) mass is 476 g/mol. The normalized spacial score (nSPS) is 14.9. The molecule has 0 spiro atoms. The first-order valence-corrected chi connectivity index (χ1v) is 11.9. The molecular weight excluding hydrogens is 443 g/mol. The fourth-order valence-corrected chi connectivity index (χ4v) is 4.51. The van der Waals surface area contributed by atoms with Gasteiger partial charge in [0.15, 0.2) is 0 Å². The molecule has 3 aromatic rings. The van der Waals surface area contributed by atoms with E-state index in [0.29, 0.717) is 17.9 Å². The molecular formula is C28H33FN4O2. The van der Waals surface area contributed by atoms with Crippen LogP contribution in [-0.2, 0) is 0 Å². The third-order valence-corrected chi connectivity index (χ3v) is 6.55. The van der Waals surface area contributed by atoms with Gasteiger partial charge < -0.3 is 19.9 Å². The van der Waals surface area contributed by atoms with Gasteiger partial charge in [0.25, 0.3) is 5.91 Å². The smallest absolute Gasteiger partial charge is 0.255 e. The van der Waals surface area contributed by atoms with Gasteiger partial charge in [0.2, 0.25) is 0 Å². The summed E-state index contributed by atoms with van der Waals surface area (Å²) in [6.07, 6.45) is 0. The second-order valence-electron chi connectivity index (χ2n) is 8.91. The van der Waals surface area contributed by atoms with E-state index in [1.54, 1.807) is 19.2 Å². The maximum atomic E-state index is 13.3. The van der Waals surface area contributed by atoms with Crippen LogP contribution >= 0.6 is 0 Å². The number of carbonyl (C=O) groups excluding carboxylic acids is 1. The zero-order valence-corrected chi connectivity index (χ0v) is 20.6. The Morgan fingerprint density at radius 3 is 2.26 bits per heavy atom. The molecule has 1 amide bonds. The van der Waals surface area contributed by atoms with Gasteiger partial charge in [-0.25, -0.2) is 4.39 Å². The predicted molar refractivity (Wildman–Crippen MR) is 139 cm³/mol. The second kappa shape index (κ2) is 11.2. The molecule has 3 aromatic carbocycles. The highest BCUT2D eigenvalue weighted by Gasteiger charge is 2.26. The summed E-state index contributed by atoms with van der Waals surface area (Å²) < 4.78 is 18.7. The van der Waals surface area contributed by atoms with Gasteiger partial charge >= 0.3 is 0 Å². The molecule has 0 radical (unpaired) electrons. The van der Waals surface area contributed by atoms with Crippen molar-refractivity contribution in [2.75, 3.05) is 63.7 Å². The zero-order valence-electron chi connectivity index (χ0n) is 20.6. The van der Waals surface area contributed by atoms with Crippen LogP contribution in [-0.4, -0.2) is 64.7 Å². The molecule has 1 atom stereocenters. The van der Waals surface area contributed by atoms with Crippen LogP contribution < -0.4 is 19.9 Å². The van der Waals surface area contributed by atoms with Crippen LogP contribution in [0.1, 0.15) is 22.0 Å². The average molecular weight is 477 g/mol. The minimum Gasteiger partial charge on any atom is -0.496 e. The molecule has 1 aliphatic heterocycles. The maximum Gasteiger partial charge on any atom is 0.255 e. The number of rotatable bonds is 8. The summed E-state index contributed by atoms with van der Waals surface area (Å²) in [7, 11) is 5.62. The highest BCUT2D eigenvalue weighted by Crippen LogP contribution is 2.26. The van der Waals surface area contributed by atoms with Crippen LogP contribution in [0.4, 0.5) is 15.8 Å². The summed E-state index contributed by atoms with van der Waals surface area (Å²) in [5, 5.41) is 3.13. The Morgan fingerprint density at radius 1 is 0.971 bits per heavy atom. The highest BCUT2D eigenvalue weighted by atomic mass is 19.1. The van der Waals surface area contributed by atoms with E-state index in [0.717, 1.165) is 43.1 Å². The van der Waals surface area contributed by atoms with E-state index >= 15 is 0 Å². The largest absolute Gasteiger partial charge is 0.496 e. The molecule has 1 saturated heterocycles. The molecule has 7 heteroatoms. The fraction of sp³-hybridized carbons (Fsp3) is 0.321. The van der Waals surface area contributed by atoms with Gasteiger partial charge in [0, 0.05) is 58.2 Å². The van der Waals surface area contributed by atoms with Crippen molar-refractivity contribution < 1.29 is 13.9 Å². The van der Waals surface area contributed by atoms with Gasteiger partial charge in [-0.1, -0.05) is 24.3 Å². The minimum absolute atomic E-state index is 0.0280. The lowest BCUT2D eigenvalue weighted by Crippen LogP contribution is -2.50. The number of halogens is 1. The lowest BCUT2D eigenvalue weighted by Gasteiger charge is -2.40. The number of hydrogen-bond donors (Lipinski definition) is 1. The molecule has 1 fully saturated rings. The van der Waals surface area contributed by atoms with Crippen molar-refractivity contribution in [2.45, 2.75) is 6.04 Å². The number of ether oxygens (including phenoxy) is 1. The standard InChI is InChI=1S/C28H33FN4O2/c1-31(2)23-12-8-21(9-13-23)26(20-30-28(34)25-6-4-5-7-27(25)35-3)33-18-16-32(17-19-33)24-14-10-22(29)11-15-24/h4-15,26H,16-20H2,1-3H3,(H,30,34)/t26-/m0/s1.